The van der Waals surface area contributed by atoms with Crippen molar-refractivity contribution in [3.05, 3.63) is 63.3 Å². The van der Waals surface area contributed by atoms with E-state index in [0.29, 0.717) is 31.1 Å². The van der Waals surface area contributed by atoms with Gasteiger partial charge < -0.3 is 14.5 Å². The van der Waals surface area contributed by atoms with Crippen molar-refractivity contribution in [2.45, 2.75) is 65.5 Å². The van der Waals surface area contributed by atoms with Gasteiger partial charge in [0.05, 0.1) is 23.0 Å². The molecule has 2 heterocycles. The first-order valence-electron chi connectivity index (χ1n) is 12.3. The van der Waals surface area contributed by atoms with Gasteiger partial charge in [0.2, 0.25) is 0 Å². The zero-order valence-corrected chi connectivity index (χ0v) is 22.3. The molecule has 1 aliphatic rings. The van der Waals surface area contributed by atoms with E-state index in [1.165, 1.54) is 5.56 Å². The molecule has 0 aliphatic carbocycles. The summed E-state index contributed by atoms with van der Waals surface area (Å²) in [6, 6.07) is 6.83. The smallest absolute Gasteiger partial charge is 0.316 e. The molecular weight excluding hydrogens is 444 g/mol. The molecule has 34 heavy (non-hydrogen) atoms. The Morgan fingerprint density at radius 2 is 2.06 bits per heavy atom. The van der Waals surface area contributed by atoms with Gasteiger partial charge in [-0.1, -0.05) is 63.6 Å². The molecule has 1 aliphatic heterocycles. The number of hydrogen-bond donors (Lipinski definition) is 0. The van der Waals surface area contributed by atoms with Crippen LogP contribution in [-0.4, -0.2) is 53.1 Å². The highest BCUT2D eigenvalue weighted by Gasteiger charge is 2.25. The van der Waals surface area contributed by atoms with Gasteiger partial charge in [0, 0.05) is 23.5 Å². The molecule has 1 atom stereocenters. The van der Waals surface area contributed by atoms with E-state index in [9.17, 15) is 0 Å². The highest BCUT2D eigenvalue weighted by molar-refractivity contribution is 6.30. The Balaban J connectivity index is 2.00. The first-order valence-corrected chi connectivity index (χ1v) is 12.7. The summed E-state index contributed by atoms with van der Waals surface area (Å²) < 4.78 is 6.17. The lowest BCUT2D eigenvalue weighted by Gasteiger charge is -2.32. The Bertz CT molecular complexity index is 1130. The Hall–Kier alpha value is -2.37. The molecule has 0 amide bonds. The van der Waals surface area contributed by atoms with E-state index in [0.717, 1.165) is 58.4 Å². The summed E-state index contributed by atoms with van der Waals surface area (Å²) in [5.74, 6) is 0.304. The van der Waals surface area contributed by atoms with Gasteiger partial charge in [0.25, 0.3) is 0 Å². The van der Waals surface area contributed by atoms with Crippen molar-refractivity contribution in [3.63, 3.8) is 0 Å². The van der Waals surface area contributed by atoms with Crippen molar-refractivity contribution in [1.29, 1.82) is 0 Å². The Labute approximate surface area is 209 Å². The average Bonchev–Trinajstić information content (AvgIpc) is 2.82. The number of fused-ring (bicyclic) bond motifs is 1. The maximum absolute atomic E-state index is 6.65. The third-order valence-electron chi connectivity index (χ3n) is 6.53. The highest BCUT2D eigenvalue weighted by Crippen LogP contribution is 2.29. The van der Waals surface area contributed by atoms with E-state index in [2.05, 4.69) is 63.4 Å². The first kappa shape index (κ1) is 26.2. The minimum Gasteiger partial charge on any atom is -0.462 e. The van der Waals surface area contributed by atoms with Gasteiger partial charge in [-0.15, -0.1) is 0 Å². The minimum atomic E-state index is 0.304. The van der Waals surface area contributed by atoms with Crippen LogP contribution in [0.4, 0.5) is 0 Å². The molecule has 0 saturated carbocycles. The Kier molecular flexibility index (Phi) is 9.15. The molecule has 0 radical (unpaired) electrons. The van der Waals surface area contributed by atoms with Crippen molar-refractivity contribution in [3.8, 4) is 6.01 Å². The van der Waals surface area contributed by atoms with E-state index in [1.54, 1.807) is 0 Å². The molecule has 0 fully saturated rings. The molecule has 1 unspecified atom stereocenters. The van der Waals surface area contributed by atoms with Crippen LogP contribution in [0, 0.1) is 0 Å². The molecule has 1 aromatic carbocycles. The zero-order chi connectivity index (χ0) is 24.8. The molecule has 5 nitrogen and oxygen atoms in total. The van der Waals surface area contributed by atoms with Crippen molar-refractivity contribution < 1.29 is 4.74 Å². The van der Waals surface area contributed by atoms with E-state index in [1.807, 2.05) is 25.1 Å². The second-order valence-corrected chi connectivity index (χ2v) is 9.85. The quantitative estimate of drug-likeness (QED) is 0.525. The lowest BCUT2D eigenvalue weighted by molar-refractivity contribution is 0.166. The number of nitrogens with zero attached hydrogens (tertiary/aromatic N) is 4. The number of benzene rings is 1. The van der Waals surface area contributed by atoms with Crippen LogP contribution in [0.5, 0.6) is 6.01 Å². The van der Waals surface area contributed by atoms with Crippen LogP contribution >= 0.6 is 11.6 Å². The monoisotopic (exact) mass is 482 g/mol. The standard InChI is InChI=1S/C28H39ClN4O/c1-8-12-21(32(6)7)18-34-28-30-24-17-33(16-15-22(24)27(31-28)19(4)5)25(10-3)26-20(9-2)13-11-14-23(26)29/h9-11,13-14,19,21H,3,8,12,15-18H2,1-2,4-7H3/b20-9-,26-25-. The molecule has 2 aromatic rings. The minimum absolute atomic E-state index is 0.304. The molecule has 0 spiro atoms. The van der Waals surface area contributed by atoms with E-state index in [-0.39, 0.29) is 0 Å². The summed E-state index contributed by atoms with van der Waals surface area (Å²) in [7, 11) is 4.19. The van der Waals surface area contributed by atoms with Gasteiger partial charge in [-0.2, -0.15) is 9.97 Å². The summed E-state index contributed by atoms with van der Waals surface area (Å²) in [6.45, 7) is 14.9. The number of aromatic nitrogens is 2. The molecule has 0 bridgehead atoms. The maximum atomic E-state index is 6.65. The molecule has 184 valence electrons. The van der Waals surface area contributed by atoms with Crippen LogP contribution in [0.15, 0.2) is 30.9 Å². The van der Waals surface area contributed by atoms with Gasteiger partial charge in [0.1, 0.15) is 6.61 Å². The predicted octanol–water partition coefficient (Wildman–Crippen LogP) is 4.52. The van der Waals surface area contributed by atoms with Crippen molar-refractivity contribution in [1.82, 2.24) is 19.8 Å². The fourth-order valence-electron chi connectivity index (χ4n) is 4.62. The van der Waals surface area contributed by atoms with E-state index >= 15 is 0 Å². The van der Waals surface area contributed by atoms with Crippen molar-refractivity contribution >= 4 is 23.4 Å². The van der Waals surface area contributed by atoms with Gasteiger partial charge in [-0.25, -0.2) is 0 Å². The largest absolute Gasteiger partial charge is 0.462 e. The Morgan fingerprint density at radius 1 is 1.29 bits per heavy atom. The predicted molar refractivity (Wildman–Crippen MR) is 143 cm³/mol. The van der Waals surface area contributed by atoms with Crippen LogP contribution in [0.1, 0.15) is 63.4 Å². The first-order chi connectivity index (χ1) is 16.3. The maximum Gasteiger partial charge on any atom is 0.316 e. The number of ether oxygens (including phenoxy) is 1. The molecule has 1 aromatic heterocycles. The number of halogens is 1. The Morgan fingerprint density at radius 3 is 2.68 bits per heavy atom. The topological polar surface area (TPSA) is 41.5 Å². The van der Waals surface area contributed by atoms with Crippen LogP contribution in [0.3, 0.4) is 0 Å². The van der Waals surface area contributed by atoms with E-state index in [4.69, 9.17) is 26.3 Å². The second kappa shape index (κ2) is 11.9. The molecule has 0 N–H and O–H groups in total. The molecule has 0 saturated heterocycles. The number of likely N-dealkylation sites (N-methyl/N-ethyl adjacent to an activating group) is 1. The van der Waals surface area contributed by atoms with Gasteiger partial charge in [0.15, 0.2) is 0 Å². The van der Waals surface area contributed by atoms with Gasteiger partial charge in [-0.3, -0.25) is 0 Å². The summed E-state index contributed by atoms with van der Waals surface area (Å²) in [4.78, 5) is 14.3. The third kappa shape index (κ3) is 5.81. The highest BCUT2D eigenvalue weighted by atomic mass is 35.5. The van der Waals surface area contributed by atoms with Crippen molar-refractivity contribution in [2.24, 2.45) is 0 Å². The fraction of sp³-hybridized carbons (Fsp3) is 0.500. The summed E-state index contributed by atoms with van der Waals surface area (Å²) in [5.41, 5.74) is 4.41. The summed E-state index contributed by atoms with van der Waals surface area (Å²) in [6.07, 6.45) is 7.07. The molecular formula is C28H39ClN4O. The average molecular weight is 483 g/mol. The van der Waals surface area contributed by atoms with Crippen LogP contribution < -0.4 is 15.2 Å². The van der Waals surface area contributed by atoms with Crippen molar-refractivity contribution in [2.75, 3.05) is 27.2 Å². The number of rotatable bonds is 9. The number of hydrogen-bond acceptors (Lipinski definition) is 5. The van der Waals surface area contributed by atoms with Gasteiger partial charge in [-0.05, 0) is 62.7 Å². The summed E-state index contributed by atoms with van der Waals surface area (Å²) in [5, 5.41) is 2.86. The van der Waals surface area contributed by atoms with Crippen LogP contribution in [0.2, 0.25) is 5.02 Å². The second-order valence-electron chi connectivity index (χ2n) is 9.44. The molecule has 6 heteroatoms. The normalized spacial score (nSPS) is 16.0. The lowest BCUT2D eigenvalue weighted by atomic mass is 9.96. The SMILES string of the molecule is C=C/C(=c1/c(Cl)ccc/c1=C/C)N1CCc2c(nc(OCC(CCC)N(C)C)nc2C(C)C)C1. The van der Waals surface area contributed by atoms with Crippen LogP contribution in [0.25, 0.3) is 11.8 Å². The zero-order valence-electron chi connectivity index (χ0n) is 21.6. The molecule has 3 rings (SSSR count). The van der Waals surface area contributed by atoms with E-state index < -0.39 is 0 Å². The fourth-order valence-corrected chi connectivity index (χ4v) is 4.90. The van der Waals surface area contributed by atoms with Gasteiger partial charge >= 0.3 is 6.01 Å². The third-order valence-corrected chi connectivity index (χ3v) is 6.84. The van der Waals surface area contributed by atoms with Crippen LogP contribution in [-0.2, 0) is 13.0 Å². The lowest BCUT2D eigenvalue weighted by Crippen LogP contribution is -2.38. The summed E-state index contributed by atoms with van der Waals surface area (Å²) >= 11 is 6.65.